The molecular weight excluding hydrogens is 186 g/mol. The lowest BCUT2D eigenvalue weighted by molar-refractivity contribution is 0.0232. The van der Waals surface area contributed by atoms with E-state index in [1.807, 2.05) is 0 Å². The lowest BCUT2D eigenvalue weighted by atomic mass is 10.0. The minimum Gasteiger partial charge on any atom is -0.382 e. The van der Waals surface area contributed by atoms with Crippen LogP contribution >= 0.6 is 0 Å². The number of ether oxygens (including phenoxy) is 1. The molecule has 2 nitrogen and oxygen atoms in total. The molecule has 1 aromatic rings. The van der Waals surface area contributed by atoms with Crippen LogP contribution in [-0.2, 0) is 4.74 Å². The van der Waals surface area contributed by atoms with Crippen molar-refractivity contribution in [3.8, 4) is 0 Å². The molecule has 15 heavy (non-hydrogen) atoms. The van der Waals surface area contributed by atoms with Crippen LogP contribution in [0.2, 0.25) is 0 Å². The number of aryl methyl sites for hydroxylation is 1. The van der Waals surface area contributed by atoms with Gasteiger partial charge in [0.05, 0.1) is 6.10 Å². The number of benzene rings is 1. The van der Waals surface area contributed by atoms with Crippen LogP contribution in [0.15, 0.2) is 24.3 Å². The second-order valence-corrected chi connectivity index (χ2v) is 4.42. The zero-order valence-corrected chi connectivity index (χ0v) is 9.49. The van der Waals surface area contributed by atoms with Crippen LogP contribution in [0.25, 0.3) is 0 Å². The molecule has 2 rings (SSSR count). The van der Waals surface area contributed by atoms with Crippen molar-refractivity contribution in [3.63, 3.8) is 0 Å². The molecule has 1 heterocycles. The first-order valence-electron chi connectivity index (χ1n) is 5.69. The lowest BCUT2D eigenvalue weighted by Crippen LogP contribution is -2.32. The van der Waals surface area contributed by atoms with Crippen molar-refractivity contribution in [1.29, 1.82) is 0 Å². The molecule has 1 aromatic carbocycles. The Kier molecular flexibility index (Phi) is 3.27. The predicted octanol–water partition coefficient (Wildman–Crippen LogP) is 2.97. The second-order valence-electron chi connectivity index (χ2n) is 4.42. The Labute approximate surface area is 91.6 Å². The van der Waals surface area contributed by atoms with Crippen molar-refractivity contribution in [2.45, 2.75) is 38.8 Å². The van der Waals surface area contributed by atoms with Crippen molar-refractivity contribution in [2.24, 2.45) is 0 Å². The summed E-state index contributed by atoms with van der Waals surface area (Å²) in [5.41, 5.74) is 2.54. The molecule has 0 aliphatic carbocycles. The van der Waals surface area contributed by atoms with Gasteiger partial charge in [0, 0.05) is 18.3 Å². The topological polar surface area (TPSA) is 21.3 Å². The van der Waals surface area contributed by atoms with Crippen LogP contribution in [-0.4, -0.2) is 18.8 Å². The van der Waals surface area contributed by atoms with E-state index in [4.69, 9.17) is 4.74 Å². The maximum Gasteiger partial charge on any atom is 0.0566 e. The summed E-state index contributed by atoms with van der Waals surface area (Å²) in [4.78, 5) is 0. The van der Waals surface area contributed by atoms with Gasteiger partial charge >= 0.3 is 0 Å². The molecule has 1 fully saturated rings. The molecule has 1 N–H and O–H groups in total. The largest absolute Gasteiger partial charge is 0.382 e. The minimum absolute atomic E-state index is 0.390. The summed E-state index contributed by atoms with van der Waals surface area (Å²) in [5.74, 6) is 0. The standard InChI is InChI=1S/C13H19NO/c1-10-4-3-5-12(8-10)14-13-6-7-15-11(2)9-13/h3-5,8,11,13-14H,6-7,9H2,1-2H3. The van der Waals surface area contributed by atoms with E-state index in [0.29, 0.717) is 12.1 Å². The average molecular weight is 205 g/mol. The first-order valence-corrected chi connectivity index (χ1v) is 5.69. The maximum atomic E-state index is 5.53. The van der Waals surface area contributed by atoms with Crippen LogP contribution in [0.1, 0.15) is 25.3 Å². The van der Waals surface area contributed by atoms with Crippen molar-refractivity contribution in [2.75, 3.05) is 11.9 Å². The Balaban J connectivity index is 1.96. The lowest BCUT2D eigenvalue weighted by Gasteiger charge is -2.28. The molecule has 0 aromatic heterocycles. The molecule has 0 bridgehead atoms. The van der Waals surface area contributed by atoms with E-state index < -0.39 is 0 Å². The number of rotatable bonds is 2. The average Bonchev–Trinajstić information content (AvgIpc) is 2.17. The highest BCUT2D eigenvalue weighted by molar-refractivity contribution is 5.46. The van der Waals surface area contributed by atoms with Gasteiger partial charge in [-0.25, -0.2) is 0 Å². The van der Waals surface area contributed by atoms with Crippen molar-refractivity contribution in [1.82, 2.24) is 0 Å². The summed E-state index contributed by atoms with van der Waals surface area (Å²) < 4.78 is 5.53. The first kappa shape index (κ1) is 10.5. The Morgan fingerprint density at radius 1 is 1.40 bits per heavy atom. The van der Waals surface area contributed by atoms with Crippen LogP contribution in [0.3, 0.4) is 0 Å². The monoisotopic (exact) mass is 205 g/mol. The zero-order chi connectivity index (χ0) is 10.7. The van der Waals surface area contributed by atoms with Gasteiger partial charge < -0.3 is 10.1 Å². The van der Waals surface area contributed by atoms with Crippen molar-refractivity contribution < 1.29 is 4.74 Å². The molecule has 2 atom stereocenters. The Morgan fingerprint density at radius 2 is 2.27 bits per heavy atom. The molecule has 0 radical (unpaired) electrons. The van der Waals surface area contributed by atoms with E-state index in [2.05, 4.69) is 43.4 Å². The number of hydrogen-bond acceptors (Lipinski definition) is 2. The summed E-state index contributed by atoms with van der Waals surface area (Å²) in [6, 6.07) is 9.11. The Hall–Kier alpha value is -1.02. The van der Waals surface area contributed by atoms with Crippen molar-refractivity contribution >= 4 is 5.69 Å². The van der Waals surface area contributed by atoms with Gasteiger partial charge in [-0.2, -0.15) is 0 Å². The minimum atomic E-state index is 0.390. The molecular formula is C13H19NO. The third-order valence-corrected chi connectivity index (χ3v) is 2.87. The van der Waals surface area contributed by atoms with Gasteiger partial charge in [-0.15, -0.1) is 0 Å². The van der Waals surface area contributed by atoms with Crippen LogP contribution in [0.4, 0.5) is 5.69 Å². The normalized spacial score (nSPS) is 26.3. The Bertz CT molecular complexity index is 324. The van der Waals surface area contributed by atoms with Gasteiger partial charge in [0.25, 0.3) is 0 Å². The number of hydrogen-bond donors (Lipinski definition) is 1. The summed E-state index contributed by atoms with van der Waals surface area (Å²) in [5, 5.41) is 3.57. The molecule has 1 saturated heterocycles. The highest BCUT2D eigenvalue weighted by Gasteiger charge is 2.18. The van der Waals surface area contributed by atoms with Crippen LogP contribution in [0, 0.1) is 6.92 Å². The molecule has 0 saturated carbocycles. The molecule has 0 spiro atoms. The van der Waals surface area contributed by atoms with Gasteiger partial charge in [-0.3, -0.25) is 0 Å². The van der Waals surface area contributed by atoms with Crippen LogP contribution < -0.4 is 5.32 Å². The van der Waals surface area contributed by atoms with Crippen molar-refractivity contribution in [3.05, 3.63) is 29.8 Å². The predicted molar refractivity (Wildman–Crippen MR) is 63.2 cm³/mol. The first-order chi connectivity index (χ1) is 7.24. The van der Waals surface area contributed by atoms with Gasteiger partial charge in [0.2, 0.25) is 0 Å². The van der Waals surface area contributed by atoms with Crippen LogP contribution in [0.5, 0.6) is 0 Å². The fourth-order valence-electron chi connectivity index (χ4n) is 2.10. The number of anilines is 1. The highest BCUT2D eigenvalue weighted by atomic mass is 16.5. The van der Waals surface area contributed by atoms with E-state index in [-0.39, 0.29) is 0 Å². The SMILES string of the molecule is Cc1cccc(NC2CCOC(C)C2)c1. The fourth-order valence-corrected chi connectivity index (χ4v) is 2.10. The molecule has 1 aliphatic heterocycles. The third-order valence-electron chi connectivity index (χ3n) is 2.87. The molecule has 2 heteroatoms. The summed E-state index contributed by atoms with van der Waals surface area (Å²) in [7, 11) is 0. The van der Waals surface area contributed by atoms with E-state index in [1.54, 1.807) is 0 Å². The van der Waals surface area contributed by atoms with E-state index >= 15 is 0 Å². The van der Waals surface area contributed by atoms with Gasteiger partial charge in [-0.05, 0) is 44.4 Å². The molecule has 82 valence electrons. The smallest absolute Gasteiger partial charge is 0.0566 e. The maximum absolute atomic E-state index is 5.53. The zero-order valence-electron chi connectivity index (χ0n) is 9.49. The summed E-state index contributed by atoms with van der Waals surface area (Å²) in [6.45, 7) is 5.15. The molecule has 0 amide bonds. The van der Waals surface area contributed by atoms with E-state index in [0.717, 1.165) is 19.4 Å². The van der Waals surface area contributed by atoms with Gasteiger partial charge in [-0.1, -0.05) is 12.1 Å². The van der Waals surface area contributed by atoms with E-state index in [9.17, 15) is 0 Å². The third kappa shape index (κ3) is 2.96. The summed E-state index contributed by atoms with van der Waals surface area (Å²) in [6.07, 6.45) is 2.60. The molecule has 2 unspecified atom stereocenters. The fraction of sp³-hybridized carbons (Fsp3) is 0.538. The highest BCUT2D eigenvalue weighted by Crippen LogP contribution is 2.19. The van der Waals surface area contributed by atoms with Gasteiger partial charge in [0.1, 0.15) is 0 Å². The Morgan fingerprint density at radius 3 is 3.00 bits per heavy atom. The van der Waals surface area contributed by atoms with E-state index in [1.165, 1.54) is 11.3 Å². The number of nitrogens with one attached hydrogen (secondary N) is 1. The second kappa shape index (κ2) is 4.67. The quantitative estimate of drug-likeness (QED) is 0.801. The summed E-state index contributed by atoms with van der Waals surface area (Å²) >= 11 is 0. The molecule has 1 aliphatic rings. The van der Waals surface area contributed by atoms with Gasteiger partial charge in [0.15, 0.2) is 0 Å².